The second-order valence-corrected chi connectivity index (χ2v) is 5.33. The molecular weight excluding hydrogens is 274 g/mol. The highest BCUT2D eigenvalue weighted by molar-refractivity contribution is 7.07. The summed E-state index contributed by atoms with van der Waals surface area (Å²) < 4.78 is 0. The Morgan fingerprint density at radius 1 is 1.35 bits per heavy atom. The summed E-state index contributed by atoms with van der Waals surface area (Å²) in [5.74, 6) is 2.47. The normalized spacial score (nSPS) is 10.6. The number of nitrogens with one attached hydrogen (secondary N) is 3. The Kier molecular flexibility index (Phi) is 4.73. The lowest BCUT2D eigenvalue weighted by Gasteiger charge is -2.13. The molecule has 2 heterocycles. The number of nitrogens with zero attached hydrogens (tertiary/aromatic N) is 2. The molecule has 20 heavy (non-hydrogen) atoms. The van der Waals surface area contributed by atoms with Gasteiger partial charge in [-0.25, -0.2) is 9.97 Å². The van der Waals surface area contributed by atoms with E-state index in [4.69, 9.17) is 0 Å². The van der Waals surface area contributed by atoms with Crippen molar-refractivity contribution >= 4 is 23.0 Å². The zero-order valence-electron chi connectivity index (χ0n) is 11.9. The fraction of sp³-hybridized carbons (Fsp3) is 0.462. The number of aromatic nitrogens is 3. The first-order chi connectivity index (χ1) is 9.63. The van der Waals surface area contributed by atoms with Crippen molar-refractivity contribution in [2.24, 2.45) is 0 Å². The second kappa shape index (κ2) is 6.51. The molecule has 6 nitrogen and oxygen atoms in total. The highest BCUT2D eigenvalue weighted by atomic mass is 32.1. The molecule has 0 amide bonds. The van der Waals surface area contributed by atoms with Gasteiger partial charge in [0.05, 0.1) is 6.54 Å². The zero-order valence-corrected chi connectivity index (χ0v) is 12.7. The number of anilines is 2. The molecule has 0 fully saturated rings. The van der Waals surface area contributed by atoms with E-state index in [9.17, 15) is 4.79 Å². The van der Waals surface area contributed by atoms with Crippen LogP contribution in [0.2, 0.25) is 0 Å². The fourth-order valence-corrected chi connectivity index (χ4v) is 2.47. The lowest BCUT2D eigenvalue weighted by molar-refractivity contribution is 0.831. The third kappa shape index (κ3) is 3.36. The highest BCUT2D eigenvalue weighted by Crippen LogP contribution is 2.20. The van der Waals surface area contributed by atoms with Gasteiger partial charge in [-0.2, -0.15) is 0 Å². The van der Waals surface area contributed by atoms with Crippen molar-refractivity contribution in [3.8, 4) is 0 Å². The Balaban J connectivity index is 2.20. The monoisotopic (exact) mass is 293 g/mol. The maximum atomic E-state index is 11.1. The van der Waals surface area contributed by atoms with Crippen LogP contribution in [0.3, 0.4) is 0 Å². The van der Waals surface area contributed by atoms with Gasteiger partial charge in [0.15, 0.2) is 0 Å². The van der Waals surface area contributed by atoms with Crippen LogP contribution in [-0.2, 0) is 13.0 Å². The first-order valence-corrected chi connectivity index (χ1v) is 7.47. The van der Waals surface area contributed by atoms with Crippen molar-refractivity contribution in [3.63, 3.8) is 0 Å². The van der Waals surface area contributed by atoms with Gasteiger partial charge in [0.25, 0.3) is 0 Å². The number of thiazole rings is 1. The Bertz CT molecular complexity index is 634. The molecule has 0 radical (unpaired) electrons. The van der Waals surface area contributed by atoms with E-state index in [1.807, 2.05) is 19.4 Å². The number of hydrogen-bond donors (Lipinski definition) is 3. The summed E-state index contributed by atoms with van der Waals surface area (Å²) in [5, 5.41) is 8.17. The van der Waals surface area contributed by atoms with Gasteiger partial charge in [-0.1, -0.05) is 18.3 Å². The van der Waals surface area contributed by atoms with E-state index in [2.05, 4.69) is 32.5 Å². The molecule has 0 atom stereocenters. The predicted octanol–water partition coefficient (Wildman–Crippen LogP) is 2.14. The predicted molar refractivity (Wildman–Crippen MR) is 82.6 cm³/mol. The van der Waals surface area contributed by atoms with E-state index < -0.39 is 0 Å². The van der Waals surface area contributed by atoms with Gasteiger partial charge in [-0.3, -0.25) is 4.79 Å². The zero-order chi connectivity index (χ0) is 14.5. The SMILES string of the molecule is CCCc1nc(NC)c(C)c(NCc2csc(=O)[nH]2)n1. The molecule has 0 aromatic carbocycles. The van der Waals surface area contributed by atoms with E-state index in [1.54, 1.807) is 0 Å². The average molecular weight is 293 g/mol. The van der Waals surface area contributed by atoms with Crippen molar-refractivity contribution in [1.29, 1.82) is 0 Å². The minimum Gasteiger partial charge on any atom is -0.373 e. The molecule has 0 saturated carbocycles. The molecule has 2 aromatic rings. The van der Waals surface area contributed by atoms with Crippen LogP contribution in [0.4, 0.5) is 11.6 Å². The molecule has 0 bridgehead atoms. The molecule has 0 unspecified atom stereocenters. The molecule has 0 aliphatic heterocycles. The molecule has 0 spiro atoms. The number of rotatable bonds is 6. The first-order valence-electron chi connectivity index (χ1n) is 6.59. The minimum atomic E-state index is -0.0382. The standard InChI is InChI=1S/C13H19N5OS/c1-4-5-10-17-11(14-3)8(2)12(18-10)15-6-9-7-20-13(19)16-9/h7H,4-6H2,1-3H3,(H,16,19)(H2,14,15,17,18). The molecule has 0 aliphatic rings. The van der Waals surface area contributed by atoms with Crippen LogP contribution in [0.25, 0.3) is 0 Å². The third-order valence-corrected chi connectivity index (χ3v) is 3.64. The lowest BCUT2D eigenvalue weighted by atomic mass is 10.2. The summed E-state index contributed by atoms with van der Waals surface area (Å²) in [5.41, 5.74) is 1.84. The number of H-pyrrole nitrogens is 1. The molecular formula is C13H19N5OS. The summed E-state index contributed by atoms with van der Waals surface area (Å²) in [7, 11) is 1.85. The van der Waals surface area contributed by atoms with Crippen LogP contribution < -0.4 is 15.5 Å². The topological polar surface area (TPSA) is 82.7 Å². The second-order valence-electron chi connectivity index (χ2n) is 4.49. The van der Waals surface area contributed by atoms with E-state index in [-0.39, 0.29) is 4.87 Å². The van der Waals surface area contributed by atoms with E-state index in [0.717, 1.165) is 41.6 Å². The van der Waals surface area contributed by atoms with Crippen molar-refractivity contribution < 1.29 is 0 Å². The van der Waals surface area contributed by atoms with Crippen LogP contribution >= 0.6 is 11.3 Å². The number of aromatic amines is 1. The molecule has 108 valence electrons. The maximum Gasteiger partial charge on any atom is 0.304 e. The van der Waals surface area contributed by atoms with Gasteiger partial charge in [-0.15, -0.1) is 0 Å². The smallest absolute Gasteiger partial charge is 0.304 e. The Morgan fingerprint density at radius 2 is 2.10 bits per heavy atom. The lowest BCUT2D eigenvalue weighted by Crippen LogP contribution is -2.10. The van der Waals surface area contributed by atoms with Crippen molar-refractivity contribution in [2.75, 3.05) is 17.7 Å². The van der Waals surface area contributed by atoms with Gasteiger partial charge in [0.2, 0.25) is 0 Å². The summed E-state index contributed by atoms with van der Waals surface area (Å²) in [4.78, 5) is 22.9. The van der Waals surface area contributed by atoms with Crippen LogP contribution in [0.5, 0.6) is 0 Å². The minimum absolute atomic E-state index is 0.0382. The van der Waals surface area contributed by atoms with Crippen LogP contribution in [-0.4, -0.2) is 22.0 Å². The molecule has 0 aliphatic carbocycles. The van der Waals surface area contributed by atoms with Crippen LogP contribution in [0, 0.1) is 6.92 Å². The Labute approximate surface area is 121 Å². The molecule has 2 aromatic heterocycles. The van der Waals surface area contributed by atoms with Gasteiger partial charge < -0.3 is 15.6 Å². The Morgan fingerprint density at radius 3 is 2.70 bits per heavy atom. The largest absolute Gasteiger partial charge is 0.373 e. The first kappa shape index (κ1) is 14.5. The summed E-state index contributed by atoms with van der Waals surface area (Å²) in [6.07, 6.45) is 1.85. The van der Waals surface area contributed by atoms with Crippen LogP contribution in [0.15, 0.2) is 10.2 Å². The van der Waals surface area contributed by atoms with Crippen molar-refractivity contribution in [3.05, 3.63) is 32.1 Å². The van der Waals surface area contributed by atoms with Gasteiger partial charge in [0, 0.05) is 30.1 Å². The number of hydrogen-bond acceptors (Lipinski definition) is 6. The number of aryl methyl sites for hydroxylation is 1. The average Bonchev–Trinajstić information content (AvgIpc) is 2.85. The van der Waals surface area contributed by atoms with Crippen molar-refractivity contribution in [1.82, 2.24) is 15.0 Å². The summed E-state index contributed by atoms with van der Waals surface area (Å²) in [6, 6.07) is 0. The maximum absolute atomic E-state index is 11.1. The Hall–Kier alpha value is -1.89. The van der Waals surface area contributed by atoms with Gasteiger partial charge in [-0.05, 0) is 13.3 Å². The highest BCUT2D eigenvalue weighted by Gasteiger charge is 2.09. The van der Waals surface area contributed by atoms with E-state index in [0.29, 0.717) is 6.54 Å². The molecule has 3 N–H and O–H groups in total. The quantitative estimate of drug-likeness (QED) is 0.760. The fourth-order valence-electron chi connectivity index (χ4n) is 1.89. The molecule has 0 saturated heterocycles. The van der Waals surface area contributed by atoms with E-state index >= 15 is 0 Å². The molecule has 2 rings (SSSR count). The summed E-state index contributed by atoms with van der Waals surface area (Å²) in [6.45, 7) is 4.62. The van der Waals surface area contributed by atoms with Gasteiger partial charge >= 0.3 is 4.87 Å². The van der Waals surface area contributed by atoms with Gasteiger partial charge in [0.1, 0.15) is 17.5 Å². The van der Waals surface area contributed by atoms with Crippen LogP contribution in [0.1, 0.15) is 30.4 Å². The third-order valence-electron chi connectivity index (χ3n) is 2.92. The molecule has 7 heteroatoms. The van der Waals surface area contributed by atoms with Crippen molar-refractivity contribution in [2.45, 2.75) is 33.2 Å². The summed E-state index contributed by atoms with van der Waals surface area (Å²) >= 11 is 1.17. The van der Waals surface area contributed by atoms with E-state index in [1.165, 1.54) is 11.3 Å².